The van der Waals surface area contributed by atoms with Crippen LogP contribution in [0.5, 0.6) is 0 Å². The third-order valence-corrected chi connectivity index (χ3v) is 8.63. The maximum absolute atomic E-state index is 14.1. The summed E-state index contributed by atoms with van der Waals surface area (Å²) < 4.78 is 0. The van der Waals surface area contributed by atoms with E-state index < -0.39 is 5.54 Å². The lowest BCUT2D eigenvalue weighted by atomic mass is 9.87. The second-order valence-electron chi connectivity index (χ2n) is 10.9. The lowest BCUT2D eigenvalue weighted by molar-refractivity contribution is -0.124. The molecule has 2 aromatic carbocycles. The van der Waals surface area contributed by atoms with Crippen molar-refractivity contribution in [1.29, 1.82) is 0 Å². The van der Waals surface area contributed by atoms with Gasteiger partial charge in [-0.2, -0.15) is 0 Å². The number of H-pyrrole nitrogens is 1. The normalized spacial score (nSPS) is 20.4. The van der Waals surface area contributed by atoms with Crippen molar-refractivity contribution in [1.82, 2.24) is 14.9 Å². The minimum absolute atomic E-state index is 0.164. The Morgan fingerprint density at radius 1 is 0.878 bits per heavy atom. The first-order valence-corrected chi connectivity index (χ1v) is 14.3. The quantitative estimate of drug-likeness (QED) is 0.227. The lowest BCUT2D eigenvalue weighted by Crippen LogP contribution is -2.47. The molecule has 3 fully saturated rings. The minimum Gasteiger partial charge on any atom is -0.360 e. The molecule has 1 atom stereocenters. The SMILES string of the molecule is O=C1CCCN1c1cccc(-c2ccc(CC34CCCN3C(=O)N(c3cc(Cl)nc(-c5ccc[nH]5)c3)C4=O)cc2)c1. The molecule has 7 rings (SSSR count). The summed E-state index contributed by atoms with van der Waals surface area (Å²) >= 11 is 6.34. The number of halogens is 1. The van der Waals surface area contributed by atoms with Gasteiger partial charge in [-0.1, -0.05) is 48.0 Å². The van der Waals surface area contributed by atoms with Crippen molar-refractivity contribution in [2.45, 2.75) is 37.6 Å². The Hall–Kier alpha value is -4.43. The van der Waals surface area contributed by atoms with Gasteiger partial charge in [0.15, 0.2) is 0 Å². The van der Waals surface area contributed by atoms with Crippen molar-refractivity contribution in [3.05, 3.63) is 89.7 Å². The molecule has 0 radical (unpaired) electrons. The van der Waals surface area contributed by atoms with Gasteiger partial charge in [-0.05, 0) is 72.4 Å². The summed E-state index contributed by atoms with van der Waals surface area (Å²) in [6, 6.07) is 22.9. The van der Waals surface area contributed by atoms with Gasteiger partial charge in [0.05, 0.1) is 17.1 Å². The van der Waals surface area contributed by atoms with Crippen LogP contribution in [-0.4, -0.2) is 51.3 Å². The number of hydrogen-bond donors (Lipinski definition) is 1. The summed E-state index contributed by atoms with van der Waals surface area (Å²) in [5.74, 6) is -0.0657. The predicted octanol–water partition coefficient (Wildman–Crippen LogP) is 6.07. The molecule has 2 aromatic heterocycles. The van der Waals surface area contributed by atoms with Gasteiger partial charge in [0.25, 0.3) is 5.91 Å². The Labute approximate surface area is 242 Å². The van der Waals surface area contributed by atoms with Crippen LogP contribution in [0, 0.1) is 0 Å². The zero-order valence-corrected chi connectivity index (χ0v) is 23.1. The average Bonchev–Trinajstić information content (AvgIpc) is 3.77. The van der Waals surface area contributed by atoms with Crippen LogP contribution in [0.2, 0.25) is 5.15 Å². The van der Waals surface area contributed by atoms with Crippen molar-refractivity contribution in [3.8, 4) is 22.5 Å². The van der Waals surface area contributed by atoms with Crippen LogP contribution in [0.25, 0.3) is 22.5 Å². The molecule has 5 heterocycles. The van der Waals surface area contributed by atoms with Gasteiger partial charge in [-0.15, -0.1) is 0 Å². The standard InChI is InChI=1S/C32H28ClN5O3/c33-28-19-25(18-27(35-28)26-7-2-14-34-26)38-30(40)32(13-4-16-37(32)31(38)41)20-21-9-11-22(12-10-21)23-5-1-6-24(17-23)36-15-3-8-29(36)39/h1-2,5-7,9-12,14,17-19,34H,3-4,8,13,15-16,20H2. The molecule has 0 aliphatic carbocycles. The summed E-state index contributed by atoms with van der Waals surface area (Å²) in [4.78, 5) is 52.2. The molecule has 0 spiro atoms. The van der Waals surface area contributed by atoms with Crippen LogP contribution in [-0.2, 0) is 16.0 Å². The molecule has 3 aliphatic rings. The van der Waals surface area contributed by atoms with E-state index in [9.17, 15) is 14.4 Å². The van der Waals surface area contributed by atoms with Crippen molar-refractivity contribution in [2.24, 2.45) is 0 Å². The van der Waals surface area contributed by atoms with Crippen molar-refractivity contribution >= 4 is 40.8 Å². The molecule has 0 bridgehead atoms. The molecule has 1 unspecified atom stereocenters. The van der Waals surface area contributed by atoms with E-state index in [0.29, 0.717) is 37.2 Å². The summed E-state index contributed by atoms with van der Waals surface area (Å²) in [5, 5.41) is 0.211. The van der Waals surface area contributed by atoms with Gasteiger partial charge in [0.1, 0.15) is 10.7 Å². The van der Waals surface area contributed by atoms with E-state index in [0.717, 1.165) is 47.5 Å². The zero-order valence-electron chi connectivity index (χ0n) is 22.3. The number of rotatable bonds is 6. The maximum Gasteiger partial charge on any atom is 0.332 e. The summed E-state index contributed by atoms with van der Waals surface area (Å²) in [7, 11) is 0. The first-order chi connectivity index (χ1) is 19.9. The average molecular weight is 566 g/mol. The van der Waals surface area contributed by atoms with E-state index in [4.69, 9.17) is 11.6 Å². The van der Waals surface area contributed by atoms with E-state index in [-0.39, 0.29) is 23.0 Å². The number of benzene rings is 2. The number of aromatic amines is 1. The Kier molecular flexibility index (Phi) is 6.16. The third-order valence-electron chi connectivity index (χ3n) is 8.44. The molecule has 0 saturated carbocycles. The number of hydrogen-bond acceptors (Lipinski definition) is 4. The molecule has 9 heteroatoms. The topological polar surface area (TPSA) is 89.6 Å². The lowest BCUT2D eigenvalue weighted by Gasteiger charge is -2.28. The van der Waals surface area contributed by atoms with Gasteiger partial charge in [0, 0.05) is 37.8 Å². The highest BCUT2D eigenvalue weighted by Gasteiger charge is 2.59. The number of aromatic nitrogens is 2. The van der Waals surface area contributed by atoms with Crippen molar-refractivity contribution in [2.75, 3.05) is 22.9 Å². The number of amides is 4. The van der Waals surface area contributed by atoms with Gasteiger partial charge < -0.3 is 14.8 Å². The van der Waals surface area contributed by atoms with Gasteiger partial charge in [0.2, 0.25) is 5.91 Å². The summed E-state index contributed by atoms with van der Waals surface area (Å²) in [6.45, 7) is 1.28. The minimum atomic E-state index is -0.934. The van der Waals surface area contributed by atoms with Crippen LogP contribution in [0.3, 0.4) is 0 Å². The molecule has 4 aromatic rings. The highest BCUT2D eigenvalue weighted by Crippen LogP contribution is 2.43. The second-order valence-corrected chi connectivity index (χ2v) is 11.3. The molecule has 41 heavy (non-hydrogen) atoms. The Morgan fingerprint density at radius 2 is 1.73 bits per heavy atom. The predicted molar refractivity (Wildman–Crippen MR) is 158 cm³/mol. The molecular formula is C32H28ClN5O3. The highest BCUT2D eigenvalue weighted by molar-refractivity contribution is 6.30. The van der Waals surface area contributed by atoms with E-state index in [1.54, 1.807) is 23.2 Å². The number of fused-ring (bicyclic) bond motifs is 1. The number of nitrogens with zero attached hydrogens (tertiary/aromatic N) is 4. The Bertz CT molecular complexity index is 1670. The number of pyridine rings is 1. The van der Waals surface area contributed by atoms with E-state index in [1.165, 1.54) is 4.90 Å². The second kappa shape index (κ2) is 9.89. The third kappa shape index (κ3) is 4.30. The number of anilines is 2. The monoisotopic (exact) mass is 565 g/mol. The van der Waals surface area contributed by atoms with E-state index in [1.807, 2.05) is 65.6 Å². The summed E-state index contributed by atoms with van der Waals surface area (Å²) in [5.41, 5.74) is 4.76. The fourth-order valence-corrected chi connectivity index (χ4v) is 6.65. The van der Waals surface area contributed by atoms with E-state index in [2.05, 4.69) is 9.97 Å². The number of carbonyl (C=O) groups excluding carboxylic acids is 3. The number of urea groups is 1. The maximum atomic E-state index is 14.1. The van der Waals surface area contributed by atoms with Gasteiger partial charge >= 0.3 is 6.03 Å². The molecular weight excluding hydrogens is 538 g/mol. The molecule has 1 N–H and O–H groups in total. The van der Waals surface area contributed by atoms with Crippen LogP contribution in [0.4, 0.5) is 16.2 Å². The van der Waals surface area contributed by atoms with Crippen LogP contribution in [0.1, 0.15) is 31.2 Å². The molecule has 8 nitrogen and oxygen atoms in total. The highest BCUT2D eigenvalue weighted by atomic mass is 35.5. The smallest absolute Gasteiger partial charge is 0.332 e. The van der Waals surface area contributed by atoms with Crippen LogP contribution >= 0.6 is 11.6 Å². The number of nitrogens with one attached hydrogen (secondary N) is 1. The first kappa shape index (κ1) is 25.5. The number of carbonyl (C=O) groups is 3. The Morgan fingerprint density at radius 3 is 2.49 bits per heavy atom. The first-order valence-electron chi connectivity index (χ1n) is 13.9. The molecule has 3 saturated heterocycles. The largest absolute Gasteiger partial charge is 0.360 e. The molecule has 4 amide bonds. The Balaban J connectivity index is 1.16. The van der Waals surface area contributed by atoms with Crippen molar-refractivity contribution in [3.63, 3.8) is 0 Å². The zero-order chi connectivity index (χ0) is 28.1. The van der Waals surface area contributed by atoms with Gasteiger partial charge in [-0.3, -0.25) is 9.59 Å². The van der Waals surface area contributed by atoms with Gasteiger partial charge in [-0.25, -0.2) is 14.7 Å². The fraction of sp³-hybridized carbons (Fsp3) is 0.250. The number of imide groups is 1. The van der Waals surface area contributed by atoms with Crippen LogP contribution < -0.4 is 9.80 Å². The van der Waals surface area contributed by atoms with Crippen molar-refractivity contribution < 1.29 is 14.4 Å². The van der Waals surface area contributed by atoms with E-state index >= 15 is 0 Å². The summed E-state index contributed by atoms with van der Waals surface area (Å²) in [6.07, 6.45) is 5.07. The fourth-order valence-electron chi connectivity index (χ4n) is 6.45. The van der Waals surface area contributed by atoms with Crippen LogP contribution in [0.15, 0.2) is 79.0 Å². The molecule has 3 aliphatic heterocycles. The molecule has 206 valence electrons.